The highest BCUT2D eigenvalue weighted by atomic mass is 16.5. The molecule has 0 bridgehead atoms. The molecule has 0 spiro atoms. The predicted molar refractivity (Wildman–Crippen MR) is 110 cm³/mol. The highest BCUT2D eigenvalue weighted by molar-refractivity contribution is 5.73. The fourth-order valence-corrected chi connectivity index (χ4v) is 5.72. The molecule has 2 saturated heterocycles. The molecular weight excluding hydrogens is 354 g/mol. The first kappa shape index (κ1) is 21.4. The van der Waals surface area contributed by atoms with E-state index in [-0.39, 0.29) is 24.1 Å². The Morgan fingerprint density at radius 1 is 1.11 bits per heavy atom. The maximum absolute atomic E-state index is 12.3. The zero-order chi connectivity index (χ0) is 20.5. The second kappa shape index (κ2) is 8.60. The van der Waals surface area contributed by atoms with Crippen LogP contribution in [0.5, 0.6) is 0 Å². The number of likely N-dealkylation sites (tertiary alicyclic amines) is 2. The first-order valence-corrected chi connectivity index (χ1v) is 11.1. The number of hydrogen-bond donors (Lipinski definition) is 0. The van der Waals surface area contributed by atoms with Crippen molar-refractivity contribution in [2.75, 3.05) is 26.7 Å². The summed E-state index contributed by atoms with van der Waals surface area (Å²) in [4.78, 5) is 31.0. The maximum atomic E-state index is 12.3. The van der Waals surface area contributed by atoms with E-state index < -0.39 is 0 Å². The number of amides is 2. The van der Waals surface area contributed by atoms with Gasteiger partial charge in [-0.05, 0) is 57.8 Å². The fourth-order valence-electron chi connectivity index (χ4n) is 5.72. The van der Waals surface area contributed by atoms with Gasteiger partial charge in [-0.15, -0.1) is 0 Å². The summed E-state index contributed by atoms with van der Waals surface area (Å²) in [6.45, 7) is 11.4. The Kier molecular flexibility index (Phi) is 6.58. The summed E-state index contributed by atoms with van der Waals surface area (Å²) in [5, 5.41) is 0. The molecule has 0 aromatic heterocycles. The van der Waals surface area contributed by atoms with Gasteiger partial charge in [0.15, 0.2) is 0 Å². The third-order valence-corrected chi connectivity index (χ3v) is 7.53. The van der Waals surface area contributed by atoms with E-state index in [4.69, 9.17) is 4.74 Å². The van der Waals surface area contributed by atoms with Gasteiger partial charge in [0.25, 0.3) is 0 Å². The second-order valence-corrected chi connectivity index (χ2v) is 9.78. The molecule has 6 nitrogen and oxygen atoms in total. The Morgan fingerprint density at radius 3 is 2.11 bits per heavy atom. The second-order valence-electron chi connectivity index (χ2n) is 9.78. The first-order chi connectivity index (χ1) is 13.2. The Morgan fingerprint density at radius 2 is 1.68 bits per heavy atom. The molecule has 2 amide bonds. The summed E-state index contributed by atoms with van der Waals surface area (Å²) >= 11 is 0. The molecule has 2 aliphatic heterocycles. The van der Waals surface area contributed by atoms with E-state index in [1.165, 1.54) is 26.4 Å². The van der Waals surface area contributed by atoms with Crippen molar-refractivity contribution >= 4 is 12.0 Å². The monoisotopic (exact) mass is 393 g/mol. The molecule has 3 aliphatic rings. The summed E-state index contributed by atoms with van der Waals surface area (Å²) in [6, 6.07) is 1.30. The van der Waals surface area contributed by atoms with E-state index >= 15 is 0 Å². The van der Waals surface area contributed by atoms with Gasteiger partial charge in [-0.3, -0.25) is 4.79 Å². The van der Waals surface area contributed by atoms with E-state index in [1.807, 2.05) is 4.90 Å². The average Bonchev–Trinajstić information content (AvgIpc) is 2.63. The van der Waals surface area contributed by atoms with Crippen LogP contribution in [-0.4, -0.2) is 77.6 Å². The Labute approximate surface area is 170 Å². The zero-order valence-electron chi connectivity index (χ0n) is 18.4. The number of piperidine rings is 2. The van der Waals surface area contributed by atoms with Crippen molar-refractivity contribution in [2.24, 2.45) is 5.41 Å². The molecule has 1 saturated carbocycles. The molecule has 2 heterocycles. The van der Waals surface area contributed by atoms with Gasteiger partial charge in [-0.2, -0.15) is 0 Å². The number of carbonyl (C=O) groups is 2. The molecule has 6 heteroatoms. The van der Waals surface area contributed by atoms with Crippen molar-refractivity contribution in [1.82, 2.24) is 14.7 Å². The van der Waals surface area contributed by atoms with Crippen LogP contribution in [-0.2, 0) is 9.53 Å². The van der Waals surface area contributed by atoms with Gasteiger partial charge in [0.2, 0.25) is 5.91 Å². The Balaban J connectivity index is 1.54. The molecule has 0 aromatic rings. The van der Waals surface area contributed by atoms with E-state index in [1.54, 1.807) is 6.92 Å². The van der Waals surface area contributed by atoms with E-state index in [0.29, 0.717) is 17.5 Å². The van der Waals surface area contributed by atoms with Crippen LogP contribution in [0.15, 0.2) is 0 Å². The lowest BCUT2D eigenvalue weighted by atomic mass is 9.70. The molecule has 2 atom stereocenters. The number of rotatable bonds is 4. The molecule has 160 valence electrons. The molecular formula is C22H39N3O3. The van der Waals surface area contributed by atoms with Crippen LogP contribution in [0.4, 0.5) is 4.79 Å². The molecule has 1 aliphatic carbocycles. The number of carbonyl (C=O) groups excluding carboxylic acids is 2. The van der Waals surface area contributed by atoms with Gasteiger partial charge >= 0.3 is 6.09 Å². The van der Waals surface area contributed by atoms with Gasteiger partial charge in [0.05, 0.1) is 7.11 Å². The molecule has 0 aromatic carbocycles. The van der Waals surface area contributed by atoms with Gasteiger partial charge in [-0.1, -0.05) is 13.3 Å². The lowest BCUT2D eigenvalue weighted by Gasteiger charge is -2.49. The minimum absolute atomic E-state index is 0.200. The van der Waals surface area contributed by atoms with Crippen LogP contribution in [0.1, 0.15) is 72.6 Å². The van der Waals surface area contributed by atoms with E-state index in [2.05, 4.69) is 30.6 Å². The van der Waals surface area contributed by atoms with Gasteiger partial charge in [-0.25, -0.2) is 4.79 Å². The highest BCUT2D eigenvalue weighted by Gasteiger charge is 2.40. The quantitative estimate of drug-likeness (QED) is 0.734. The standard InChI is InChI=1S/C22H39N3O3/c1-16-13-20(14-17(2)25(16)21(27)28-5)23-11-7-19(8-12-23)24(18(3)26)15-22(4)9-6-10-22/h16-17,19-20H,6-15H2,1-5H3. The minimum Gasteiger partial charge on any atom is -0.453 e. The van der Waals surface area contributed by atoms with Gasteiger partial charge < -0.3 is 19.4 Å². The summed E-state index contributed by atoms with van der Waals surface area (Å²) in [5.74, 6) is 0.236. The molecule has 0 N–H and O–H groups in total. The smallest absolute Gasteiger partial charge is 0.409 e. The molecule has 28 heavy (non-hydrogen) atoms. The third-order valence-electron chi connectivity index (χ3n) is 7.53. The Bertz CT molecular complexity index is 557. The van der Waals surface area contributed by atoms with E-state index in [9.17, 15) is 9.59 Å². The van der Waals surface area contributed by atoms with Crippen molar-refractivity contribution in [2.45, 2.75) is 96.8 Å². The summed E-state index contributed by atoms with van der Waals surface area (Å²) in [7, 11) is 1.46. The van der Waals surface area contributed by atoms with Crippen LogP contribution in [0.25, 0.3) is 0 Å². The van der Waals surface area contributed by atoms with Crippen molar-refractivity contribution in [1.29, 1.82) is 0 Å². The van der Waals surface area contributed by atoms with Gasteiger partial charge in [0, 0.05) is 50.7 Å². The largest absolute Gasteiger partial charge is 0.453 e. The maximum Gasteiger partial charge on any atom is 0.409 e. The van der Waals surface area contributed by atoms with Crippen molar-refractivity contribution in [3.8, 4) is 0 Å². The average molecular weight is 394 g/mol. The lowest BCUT2D eigenvalue weighted by molar-refractivity contribution is -0.135. The lowest BCUT2D eigenvalue weighted by Crippen LogP contribution is -2.57. The van der Waals surface area contributed by atoms with Crippen molar-refractivity contribution < 1.29 is 14.3 Å². The number of methoxy groups -OCH3 is 1. The van der Waals surface area contributed by atoms with Crippen LogP contribution in [0, 0.1) is 5.41 Å². The fraction of sp³-hybridized carbons (Fsp3) is 0.909. The number of hydrogen-bond acceptors (Lipinski definition) is 4. The van der Waals surface area contributed by atoms with Crippen molar-refractivity contribution in [3.63, 3.8) is 0 Å². The third kappa shape index (κ3) is 4.47. The summed E-state index contributed by atoms with van der Waals surface area (Å²) in [6.07, 6.45) is 7.73. The zero-order valence-corrected chi connectivity index (χ0v) is 18.4. The van der Waals surface area contributed by atoms with E-state index in [0.717, 1.165) is 45.3 Å². The van der Waals surface area contributed by atoms with Crippen molar-refractivity contribution in [3.05, 3.63) is 0 Å². The number of nitrogens with zero attached hydrogens (tertiary/aromatic N) is 3. The first-order valence-electron chi connectivity index (χ1n) is 11.1. The summed E-state index contributed by atoms with van der Waals surface area (Å²) in [5.41, 5.74) is 0.342. The van der Waals surface area contributed by atoms with Crippen LogP contribution in [0.3, 0.4) is 0 Å². The number of ether oxygens (including phenoxy) is 1. The van der Waals surface area contributed by atoms with Crippen LogP contribution in [0.2, 0.25) is 0 Å². The topological polar surface area (TPSA) is 53.1 Å². The summed E-state index contributed by atoms with van der Waals surface area (Å²) < 4.78 is 4.96. The predicted octanol–water partition coefficient (Wildman–Crippen LogP) is 3.50. The van der Waals surface area contributed by atoms with Gasteiger partial charge in [0.1, 0.15) is 0 Å². The van der Waals surface area contributed by atoms with Crippen LogP contribution >= 0.6 is 0 Å². The Hall–Kier alpha value is -1.30. The SMILES string of the molecule is COC(=O)N1C(C)CC(N2CCC(N(CC3(C)CCC3)C(C)=O)CC2)CC1C. The molecule has 0 radical (unpaired) electrons. The molecule has 3 rings (SSSR count). The minimum atomic E-state index is -0.209. The highest BCUT2D eigenvalue weighted by Crippen LogP contribution is 2.41. The van der Waals surface area contributed by atoms with Crippen LogP contribution < -0.4 is 0 Å². The molecule has 2 unspecified atom stereocenters. The normalized spacial score (nSPS) is 31.2. The molecule has 3 fully saturated rings.